The quantitative estimate of drug-likeness (QED) is 0.432. The average Bonchev–Trinajstić information content (AvgIpc) is 1.87. The summed E-state index contributed by atoms with van der Waals surface area (Å²) in [7, 11) is 0. The summed E-state index contributed by atoms with van der Waals surface area (Å²) in [6.45, 7) is 0. The Labute approximate surface area is 61.9 Å². The minimum atomic E-state index is -1.42. The molecule has 0 bridgehead atoms. The van der Waals surface area contributed by atoms with E-state index in [1.807, 2.05) is 0 Å². The third-order valence-electron chi connectivity index (χ3n) is 0.970. The van der Waals surface area contributed by atoms with Crippen LogP contribution in [-0.4, -0.2) is 28.1 Å². The zero-order valence-corrected chi connectivity index (χ0v) is 5.53. The molecule has 0 aliphatic carbocycles. The molecule has 0 fully saturated rings. The maximum atomic E-state index is 10.1. The van der Waals surface area contributed by atoms with Crippen molar-refractivity contribution in [3.05, 3.63) is 5.57 Å². The van der Waals surface area contributed by atoms with Crippen LogP contribution in [0.25, 0.3) is 0 Å². The SMILES string of the molecule is O=C=C(CCC(=O)O)C(=O)O. The highest BCUT2D eigenvalue weighted by atomic mass is 16.4. The molecule has 0 saturated carbocycles. The molecule has 0 amide bonds. The molecule has 5 heteroatoms. The van der Waals surface area contributed by atoms with Crippen molar-refractivity contribution in [3.8, 4) is 0 Å². The Morgan fingerprint density at radius 2 is 1.73 bits per heavy atom. The molecule has 0 unspecified atom stereocenters. The number of aliphatic carboxylic acids is 2. The number of carbonyl (C=O) groups excluding carboxylic acids is 1. The van der Waals surface area contributed by atoms with Gasteiger partial charge < -0.3 is 10.2 Å². The van der Waals surface area contributed by atoms with Crippen LogP contribution in [0.4, 0.5) is 0 Å². The molecule has 0 saturated heterocycles. The van der Waals surface area contributed by atoms with Gasteiger partial charge in [0.1, 0.15) is 11.5 Å². The smallest absolute Gasteiger partial charge is 0.342 e. The van der Waals surface area contributed by atoms with E-state index in [0.717, 1.165) is 5.94 Å². The molecule has 0 spiro atoms. The number of carboxylic acid groups (broad SMARTS) is 2. The van der Waals surface area contributed by atoms with Crippen LogP contribution in [0.3, 0.4) is 0 Å². The van der Waals surface area contributed by atoms with Crippen molar-refractivity contribution in [2.24, 2.45) is 0 Å². The minimum absolute atomic E-state index is 0.284. The van der Waals surface area contributed by atoms with Crippen LogP contribution in [0.15, 0.2) is 5.57 Å². The number of carbonyl (C=O) groups is 2. The highest BCUT2D eigenvalue weighted by Gasteiger charge is 2.09. The first-order chi connectivity index (χ1) is 5.07. The molecule has 5 nitrogen and oxygen atoms in total. The van der Waals surface area contributed by atoms with E-state index in [2.05, 4.69) is 0 Å². The van der Waals surface area contributed by atoms with E-state index >= 15 is 0 Å². The Morgan fingerprint density at radius 1 is 1.18 bits per heavy atom. The second-order valence-electron chi connectivity index (χ2n) is 1.78. The van der Waals surface area contributed by atoms with Crippen LogP contribution in [0.2, 0.25) is 0 Å². The van der Waals surface area contributed by atoms with Crippen molar-refractivity contribution in [1.82, 2.24) is 0 Å². The van der Waals surface area contributed by atoms with Crippen LogP contribution in [0, 0.1) is 0 Å². The van der Waals surface area contributed by atoms with Crippen molar-refractivity contribution >= 4 is 17.9 Å². The molecule has 0 aromatic carbocycles. The van der Waals surface area contributed by atoms with Gasteiger partial charge in [-0.2, -0.15) is 0 Å². The van der Waals surface area contributed by atoms with E-state index in [1.54, 1.807) is 0 Å². The Kier molecular flexibility index (Phi) is 3.62. The molecule has 0 aliphatic heterocycles. The summed E-state index contributed by atoms with van der Waals surface area (Å²) >= 11 is 0. The summed E-state index contributed by atoms with van der Waals surface area (Å²) in [5.74, 6) is -1.39. The normalized spacial score (nSPS) is 8.36. The summed E-state index contributed by atoms with van der Waals surface area (Å²) < 4.78 is 0. The summed E-state index contributed by atoms with van der Waals surface area (Å²) in [5.41, 5.74) is -0.535. The topological polar surface area (TPSA) is 91.7 Å². The van der Waals surface area contributed by atoms with E-state index in [1.165, 1.54) is 0 Å². The molecule has 0 aromatic heterocycles. The minimum Gasteiger partial charge on any atom is -0.481 e. The molecule has 11 heavy (non-hydrogen) atoms. The first kappa shape index (κ1) is 9.39. The van der Waals surface area contributed by atoms with Gasteiger partial charge in [0.2, 0.25) is 0 Å². The number of hydrogen-bond acceptors (Lipinski definition) is 3. The number of hydrogen-bond donors (Lipinski definition) is 2. The van der Waals surface area contributed by atoms with Crippen LogP contribution in [0.1, 0.15) is 12.8 Å². The number of rotatable bonds is 4. The van der Waals surface area contributed by atoms with Gasteiger partial charge in [-0.25, -0.2) is 9.59 Å². The third-order valence-corrected chi connectivity index (χ3v) is 0.970. The van der Waals surface area contributed by atoms with Crippen LogP contribution >= 0.6 is 0 Å². The second kappa shape index (κ2) is 4.24. The molecule has 0 aromatic rings. The van der Waals surface area contributed by atoms with Gasteiger partial charge in [0.05, 0.1) is 6.42 Å². The molecule has 0 atom stereocenters. The van der Waals surface area contributed by atoms with Gasteiger partial charge >= 0.3 is 11.9 Å². The zero-order valence-electron chi connectivity index (χ0n) is 5.53. The Bertz CT molecular complexity index is 223. The van der Waals surface area contributed by atoms with Gasteiger partial charge in [-0.3, -0.25) is 4.79 Å². The Morgan fingerprint density at radius 3 is 2.00 bits per heavy atom. The molecule has 60 valence electrons. The molecule has 0 rings (SSSR count). The predicted molar refractivity (Wildman–Crippen MR) is 33.7 cm³/mol. The van der Waals surface area contributed by atoms with Gasteiger partial charge in [-0.05, 0) is 0 Å². The molecular formula is C6H6O5. The Hall–Kier alpha value is -1.61. The van der Waals surface area contributed by atoms with Gasteiger partial charge in [0.25, 0.3) is 0 Å². The lowest BCUT2D eigenvalue weighted by molar-refractivity contribution is -0.137. The van der Waals surface area contributed by atoms with Crippen molar-refractivity contribution in [2.75, 3.05) is 0 Å². The molecule has 0 heterocycles. The van der Waals surface area contributed by atoms with Crippen molar-refractivity contribution in [2.45, 2.75) is 12.8 Å². The van der Waals surface area contributed by atoms with Crippen LogP contribution < -0.4 is 0 Å². The third kappa shape index (κ3) is 3.89. The molecule has 2 N–H and O–H groups in total. The summed E-state index contributed by atoms with van der Waals surface area (Å²) in [4.78, 5) is 29.8. The molecule has 0 aliphatic rings. The van der Waals surface area contributed by atoms with E-state index in [9.17, 15) is 14.4 Å². The zero-order chi connectivity index (χ0) is 8.85. The largest absolute Gasteiger partial charge is 0.481 e. The fraction of sp³-hybridized carbons (Fsp3) is 0.333. The van der Waals surface area contributed by atoms with Crippen LogP contribution in [-0.2, 0) is 14.4 Å². The molecular weight excluding hydrogens is 152 g/mol. The second-order valence-corrected chi connectivity index (χ2v) is 1.78. The molecule has 0 radical (unpaired) electrons. The van der Waals surface area contributed by atoms with E-state index in [0.29, 0.717) is 0 Å². The van der Waals surface area contributed by atoms with Crippen molar-refractivity contribution in [3.63, 3.8) is 0 Å². The lowest BCUT2D eigenvalue weighted by Crippen LogP contribution is -2.04. The van der Waals surface area contributed by atoms with Gasteiger partial charge in [-0.1, -0.05) is 0 Å². The highest BCUT2D eigenvalue weighted by molar-refractivity contribution is 5.95. The van der Waals surface area contributed by atoms with Crippen molar-refractivity contribution in [1.29, 1.82) is 0 Å². The van der Waals surface area contributed by atoms with E-state index in [-0.39, 0.29) is 12.8 Å². The summed E-state index contributed by atoms with van der Waals surface area (Å²) in [6.07, 6.45) is -0.648. The van der Waals surface area contributed by atoms with Gasteiger partial charge in [0, 0.05) is 6.42 Å². The summed E-state index contributed by atoms with van der Waals surface area (Å²) in [5, 5.41) is 16.3. The number of carboxylic acids is 2. The highest BCUT2D eigenvalue weighted by Crippen LogP contribution is 2.00. The first-order valence-corrected chi connectivity index (χ1v) is 2.77. The maximum absolute atomic E-state index is 10.1. The van der Waals surface area contributed by atoms with Crippen molar-refractivity contribution < 1.29 is 24.6 Å². The standard InChI is InChI=1S/C6H6O5/c7-3-4(6(10)11)1-2-5(8)9/h1-2H2,(H,8,9)(H,10,11). The fourth-order valence-corrected chi connectivity index (χ4v) is 0.434. The maximum Gasteiger partial charge on any atom is 0.342 e. The Balaban J connectivity index is 4.03. The fourth-order valence-electron chi connectivity index (χ4n) is 0.434. The van der Waals surface area contributed by atoms with E-state index in [4.69, 9.17) is 10.2 Å². The first-order valence-electron chi connectivity index (χ1n) is 2.77. The van der Waals surface area contributed by atoms with Gasteiger partial charge in [0.15, 0.2) is 0 Å². The predicted octanol–water partition coefficient (Wildman–Crippen LogP) is -0.306. The lowest BCUT2D eigenvalue weighted by atomic mass is 10.2. The average molecular weight is 158 g/mol. The lowest BCUT2D eigenvalue weighted by Gasteiger charge is -1.91. The summed E-state index contributed by atoms with van der Waals surface area (Å²) in [6, 6.07) is 0. The van der Waals surface area contributed by atoms with E-state index < -0.39 is 17.5 Å². The van der Waals surface area contributed by atoms with Crippen LogP contribution in [0.5, 0.6) is 0 Å². The monoisotopic (exact) mass is 158 g/mol. The van der Waals surface area contributed by atoms with Gasteiger partial charge in [-0.15, -0.1) is 0 Å².